The fraction of sp³-hybridized carbons (Fsp3) is 0.875. The molecule has 4 unspecified atom stereocenters. The topological polar surface area (TPSA) is 127 Å². The smallest absolute Gasteiger partial charge is 0.154 e. The van der Waals surface area contributed by atoms with E-state index in [1.165, 1.54) is 0 Å². The van der Waals surface area contributed by atoms with Crippen molar-refractivity contribution in [3.8, 4) is 23.7 Å². The van der Waals surface area contributed by atoms with Gasteiger partial charge in [0.15, 0.2) is 12.6 Å². The first-order chi connectivity index (χ1) is 20.0. The molecular formula is C32H50O9. The molecule has 0 aromatic rings. The van der Waals surface area contributed by atoms with Crippen LogP contribution in [0.15, 0.2) is 0 Å². The van der Waals surface area contributed by atoms with Crippen molar-refractivity contribution in [2.75, 3.05) is 52.9 Å². The Morgan fingerprint density at radius 1 is 0.415 bits per heavy atom. The van der Waals surface area contributed by atoms with Crippen molar-refractivity contribution in [2.24, 2.45) is 35.5 Å². The number of aliphatic hydroxyl groups excluding tert-OH is 2. The summed E-state index contributed by atoms with van der Waals surface area (Å²) in [5, 5.41) is 38.1. The zero-order valence-electron chi connectivity index (χ0n) is 24.3. The highest BCUT2D eigenvalue weighted by atomic mass is 16.6. The Balaban J connectivity index is 1.45. The van der Waals surface area contributed by atoms with Crippen LogP contribution in [0.3, 0.4) is 0 Å². The van der Waals surface area contributed by atoms with Gasteiger partial charge in [0, 0.05) is 35.5 Å². The Labute approximate surface area is 245 Å². The third kappa shape index (κ3) is 10.8. The number of fused-ring (bicyclic) bond motifs is 1. The average Bonchev–Trinajstić information content (AvgIpc) is 2.99. The van der Waals surface area contributed by atoms with Crippen molar-refractivity contribution in [1.29, 1.82) is 0 Å². The van der Waals surface area contributed by atoms with Crippen LogP contribution in [0.1, 0.15) is 64.2 Å². The molecule has 4 atom stereocenters. The summed E-state index contributed by atoms with van der Waals surface area (Å²) in [4.78, 5) is 0. The average molecular weight is 579 g/mol. The van der Waals surface area contributed by atoms with Gasteiger partial charge in [0.2, 0.25) is 0 Å². The molecule has 1 saturated heterocycles. The molecule has 9 heteroatoms. The normalized spacial score (nSPS) is 36.5. The van der Waals surface area contributed by atoms with Crippen LogP contribution in [0.25, 0.3) is 0 Å². The minimum Gasteiger partial charge on any atom is -0.377 e. The maximum Gasteiger partial charge on any atom is 0.154 e. The van der Waals surface area contributed by atoms with E-state index in [4.69, 9.17) is 23.7 Å². The second-order valence-electron chi connectivity index (χ2n) is 11.9. The standard InChI is InChI=1S/C32H50O9/c33-31(34)27-9-3-23(4-10-27)1-7-25-13-14-26(8-2-24-5-11-28(12-6-24)32(35)36)30-29(25)40-21-19-38-17-15-37-16-18-39-20-22-41-30/h23-36H,3-6,9-22H2. The minimum absolute atomic E-state index is 0.0145. The second-order valence-corrected chi connectivity index (χ2v) is 11.9. The monoisotopic (exact) mass is 578 g/mol. The molecule has 4 rings (SSSR count). The van der Waals surface area contributed by atoms with Gasteiger partial charge in [-0.15, -0.1) is 0 Å². The maximum atomic E-state index is 9.52. The van der Waals surface area contributed by atoms with Crippen molar-refractivity contribution >= 4 is 0 Å². The van der Waals surface area contributed by atoms with E-state index in [9.17, 15) is 20.4 Å². The predicted octanol–water partition coefficient (Wildman–Crippen LogP) is 2.09. The summed E-state index contributed by atoms with van der Waals surface area (Å²) in [5.74, 6) is 14.6. The molecule has 3 aliphatic carbocycles. The van der Waals surface area contributed by atoms with Crippen molar-refractivity contribution in [3.63, 3.8) is 0 Å². The Morgan fingerprint density at radius 3 is 1.10 bits per heavy atom. The molecule has 4 aliphatic rings. The molecule has 232 valence electrons. The van der Waals surface area contributed by atoms with Gasteiger partial charge >= 0.3 is 0 Å². The number of rotatable bonds is 2. The van der Waals surface area contributed by atoms with E-state index in [0.29, 0.717) is 52.9 Å². The summed E-state index contributed by atoms with van der Waals surface area (Å²) in [5.41, 5.74) is 0. The Bertz CT molecular complexity index is 786. The molecule has 0 spiro atoms. The number of hydrogen-bond donors (Lipinski definition) is 4. The van der Waals surface area contributed by atoms with Gasteiger partial charge in [-0.3, -0.25) is 0 Å². The van der Waals surface area contributed by atoms with E-state index < -0.39 is 12.6 Å². The Morgan fingerprint density at radius 2 is 0.756 bits per heavy atom. The van der Waals surface area contributed by atoms with Crippen molar-refractivity contribution in [1.82, 2.24) is 0 Å². The van der Waals surface area contributed by atoms with Gasteiger partial charge in [0.25, 0.3) is 0 Å². The molecule has 3 saturated carbocycles. The zero-order valence-corrected chi connectivity index (χ0v) is 24.3. The predicted molar refractivity (Wildman–Crippen MR) is 151 cm³/mol. The van der Waals surface area contributed by atoms with Gasteiger partial charge in [0.05, 0.1) is 65.1 Å². The van der Waals surface area contributed by atoms with Crippen LogP contribution in [0.5, 0.6) is 0 Å². The van der Waals surface area contributed by atoms with E-state index in [1.807, 2.05) is 0 Å². The Kier molecular flexibility index (Phi) is 14.2. The molecule has 0 bridgehead atoms. The summed E-state index contributed by atoms with van der Waals surface area (Å²) in [7, 11) is 0. The number of ether oxygens (including phenoxy) is 5. The fourth-order valence-electron chi connectivity index (χ4n) is 6.48. The molecule has 1 aliphatic heterocycles. The Hall–Kier alpha value is -1.24. The summed E-state index contributed by atoms with van der Waals surface area (Å²) in [6.45, 7) is 3.86. The van der Waals surface area contributed by atoms with Crippen LogP contribution in [0.4, 0.5) is 0 Å². The van der Waals surface area contributed by atoms with Gasteiger partial charge in [-0.25, -0.2) is 0 Å². The first-order valence-electron chi connectivity index (χ1n) is 15.7. The number of aliphatic hydroxyl groups is 4. The van der Waals surface area contributed by atoms with Crippen LogP contribution in [0.2, 0.25) is 0 Å². The van der Waals surface area contributed by atoms with Crippen LogP contribution < -0.4 is 0 Å². The fourth-order valence-corrected chi connectivity index (χ4v) is 6.48. The van der Waals surface area contributed by atoms with E-state index in [2.05, 4.69) is 23.7 Å². The molecular weight excluding hydrogens is 528 g/mol. The van der Waals surface area contributed by atoms with Gasteiger partial charge in [-0.1, -0.05) is 23.7 Å². The molecule has 4 fully saturated rings. The lowest BCUT2D eigenvalue weighted by Gasteiger charge is -2.39. The highest BCUT2D eigenvalue weighted by Gasteiger charge is 2.40. The lowest BCUT2D eigenvalue weighted by molar-refractivity contribution is -0.133. The third-order valence-corrected chi connectivity index (χ3v) is 9.06. The summed E-state index contributed by atoms with van der Waals surface area (Å²) >= 11 is 0. The van der Waals surface area contributed by atoms with Crippen LogP contribution in [-0.2, 0) is 23.7 Å². The van der Waals surface area contributed by atoms with E-state index >= 15 is 0 Å². The van der Waals surface area contributed by atoms with E-state index in [0.717, 1.165) is 64.2 Å². The molecule has 4 N–H and O–H groups in total. The SMILES string of the molecule is OC(O)C1CCC(C#CC2CCC(C#CC3CCC(C(O)O)CC3)C3OCCOCCOCCOCCOC23)CC1. The highest BCUT2D eigenvalue weighted by Crippen LogP contribution is 2.36. The zero-order chi connectivity index (χ0) is 28.9. The summed E-state index contributed by atoms with van der Waals surface area (Å²) in [6.07, 6.45) is 5.43. The molecule has 1 heterocycles. The number of hydrogen-bond acceptors (Lipinski definition) is 9. The molecule has 0 aromatic heterocycles. The summed E-state index contributed by atoms with van der Waals surface area (Å²) in [6, 6.07) is 0. The lowest BCUT2D eigenvalue weighted by Crippen LogP contribution is -2.47. The second kappa shape index (κ2) is 17.8. The quantitative estimate of drug-likeness (QED) is 0.288. The highest BCUT2D eigenvalue weighted by molar-refractivity contribution is 5.17. The largest absolute Gasteiger partial charge is 0.377 e. The first-order valence-corrected chi connectivity index (χ1v) is 15.7. The first kappa shape index (κ1) is 32.7. The maximum absolute atomic E-state index is 9.52. The van der Waals surface area contributed by atoms with Gasteiger partial charge in [-0.2, -0.15) is 0 Å². The summed E-state index contributed by atoms with van der Waals surface area (Å²) < 4.78 is 29.9. The molecule has 9 nitrogen and oxygen atoms in total. The molecule has 41 heavy (non-hydrogen) atoms. The molecule has 0 radical (unpaired) electrons. The van der Waals surface area contributed by atoms with Crippen molar-refractivity contribution in [3.05, 3.63) is 0 Å². The lowest BCUT2D eigenvalue weighted by atomic mass is 9.76. The van der Waals surface area contributed by atoms with Crippen molar-refractivity contribution < 1.29 is 44.1 Å². The van der Waals surface area contributed by atoms with Crippen LogP contribution in [-0.4, -0.2) is 98.1 Å². The van der Waals surface area contributed by atoms with Gasteiger partial charge in [0.1, 0.15) is 0 Å². The van der Waals surface area contributed by atoms with Crippen LogP contribution >= 0.6 is 0 Å². The van der Waals surface area contributed by atoms with E-state index in [1.54, 1.807) is 0 Å². The third-order valence-electron chi connectivity index (χ3n) is 9.06. The van der Waals surface area contributed by atoms with E-state index in [-0.39, 0.29) is 47.7 Å². The molecule has 0 aromatic carbocycles. The van der Waals surface area contributed by atoms with Gasteiger partial charge < -0.3 is 44.1 Å². The van der Waals surface area contributed by atoms with Crippen molar-refractivity contribution in [2.45, 2.75) is 89.0 Å². The minimum atomic E-state index is -1.24. The van der Waals surface area contributed by atoms with Crippen LogP contribution in [0, 0.1) is 59.2 Å². The molecule has 0 amide bonds. The van der Waals surface area contributed by atoms with Gasteiger partial charge in [-0.05, 0) is 64.2 Å².